The van der Waals surface area contributed by atoms with Gasteiger partial charge in [-0.25, -0.2) is 15.0 Å². The molecule has 2 N–H and O–H groups in total. The van der Waals surface area contributed by atoms with Gasteiger partial charge in [0.1, 0.15) is 21.5 Å². The van der Waals surface area contributed by atoms with Gasteiger partial charge in [-0.1, -0.05) is 6.92 Å². The third-order valence-corrected chi connectivity index (χ3v) is 4.98. The molecule has 3 aromatic rings. The van der Waals surface area contributed by atoms with E-state index in [4.69, 9.17) is 5.73 Å². The van der Waals surface area contributed by atoms with Crippen molar-refractivity contribution in [2.75, 3.05) is 5.73 Å². The topological polar surface area (TPSA) is 64.7 Å². The van der Waals surface area contributed by atoms with Gasteiger partial charge in [0.25, 0.3) is 0 Å². The van der Waals surface area contributed by atoms with Crippen LogP contribution >= 0.6 is 22.7 Å². The molecule has 0 amide bonds. The average molecular weight is 290 g/mol. The van der Waals surface area contributed by atoms with Crippen LogP contribution in [0.2, 0.25) is 0 Å². The summed E-state index contributed by atoms with van der Waals surface area (Å²) >= 11 is 3.33. The highest BCUT2D eigenvalue weighted by Gasteiger charge is 2.10. The first-order valence-electron chi connectivity index (χ1n) is 6.11. The Morgan fingerprint density at radius 1 is 1.26 bits per heavy atom. The molecule has 3 heterocycles. The molecule has 0 radical (unpaired) electrons. The lowest BCUT2D eigenvalue weighted by Crippen LogP contribution is -2.00. The van der Waals surface area contributed by atoms with Gasteiger partial charge in [-0.05, 0) is 19.4 Å². The molecule has 4 nitrogen and oxygen atoms in total. The van der Waals surface area contributed by atoms with Crippen LogP contribution < -0.4 is 5.73 Å². The number of fused-ring (bicyclic) bond motifs is 1. The van der Waals surface area contributed by atoms with E-state index in [1.165, 1.54) is 4.88 Å². The first kappa shape index (κ1) is 12.5. The standard InChI is InChI=1S/C13H14N4S2/c1-3-8-4-9-12(14)16-10(17-13(9)19-8)5-11-15-7(2)6-18-11/h4,6H,3,5H2,1-2H3,(H2,14,16,17). The van der Waals surface area contributed by atoms with Crippen LogP contribution in [0.15, 0.2) is 11.4 Å². The number of nitrogens with two attached hydrogens (primary N) is 1. The van der Waals surface area contributed by atoms with Crippen LogP contribution in [0, 0.1) is 6.92 Å². The Hall–Kier alpha value is -1.53. The lowest BCUT2D eigenvalue weighted by molar-refractivity contribution is 0.980. The van der Waals surface area contributed by atoms with Crippen molar-refractivity contribution in [3.63, 3.8) is 0 Å². The van der Waals surface area contributed by atoms with E-state index in [1.54, 1.807) is 22.7 Å². The number of aryl methyl sites for hydroxylation is 2. The van der Waals surface area contributed by atoms with Crippen LogP contribution in [0.1, 0.15) is 28.3 Å². The largest absolute Gasteiger partial charge is 0.383 e. The van der Waals surface area contributed by atoms with Crippen molar-refractivity contribution in [1.29, 1.82) is 0 Å². The lowest BCUT2D eigenvalue weighted by Gasteiger charge is -2.00. The third-order valence-electron chi connectivity index (χ3n) is 2.84. The van der Waals surface area contributed by atoms with Crippen molar-refractivity contribution in [1.82, 2.24) is 15.0 Å². The molecule has 19 heavy (non-hydrogen) atoms. The average Bonchev–Trinajstić information content (AvgIpc) is 2.96. The third kappa shape index (κ3) is 2.46. The number of nitrogens with zero attached hydrogens (tertiary/aromatic N) is 3. The highest BCUT2D eigenvalue weighted by atomic mass is 32.1. The highest BCUT2D eigenvalue weighted by Crippen LogP contribution is 2.28. The second-order valence-electron chi connectivity index (χ2n) is 4.37. The summed E-state index contributed by atoms with van der Waals surface area (Å²) in [5.74, 6) is 1.33. The molecule has 0 atom stereocenters. The van der Waals surface area contributed by atoms with E-state index >= 15 is 0 Å². The van der Waals surface area contributed by atoms with E-state index in [0.29, 0.717) is 12.2 Å². The highest BCUT2D eigenvalue weighted by molar-refractivity contribution is 7.18. The first-order chi connectivity index (χ1) is 9.15. The minimum atomic E-state index is 0.573. The van der Waals surface area contributed by atoms with Gasteiger partial charge >= 0.3 is 0 Å². The number of rotatable bonds is 3. The minimum Gasteiger partial charge on any atom is -0.383 e. The van der Waals surface area contributed by atoms with Gasteiger partial charge in [0.2, 0.25) is 0 Å². The second kappa shape index (κ2) is 4.86. The summed E-state index contributed by atoms with van der Waals surface area (Å²) in [5.41, 5.74) is 7.06. The molecule has 0 aliphatic rings. The fraction of sp³-hybridized carbons (Fsp3) is 0.308. The predicted octanol–water partition coefficient (Wildman–Crippen LogP) is 3.19. The molecular formula is C13H14N4S2. The molecule has 0 unspecified atom stereocenters. The molecule has 3 aromatic heterocycles. The molecule has 0 saturated heterocycles. The zero-order chi connectivity index (χ0) is 13.4. The Morgan fingerprint density at radius 2 is 2.11 bits per heavy atom. The van der Waals surface area contributed by atoms with E-state index in [9.17, 15) is 0 Å². The van der Waals surface area contributed by atoms with Crippen molar-refractivity contribution in [2.24, 2.45) is 0 Å². The van der Waals surface area contributed by atoms with Crippen LogP contribution in [0.5, 0.6) is 0 Å². The predicted molar refractivity (Wildman–Crippen MR) is 80.9 cm³/mol. The number of nitrogen functional groups attached to an aromatic ring is 1. The van der Waals surface area contributed by atoms with E-state index in [-0.39, 0.29) is 0 Å². The van der Waals surface area contributed by atoms with E-state index in [1.807, 2.05) is 12.3 Å². The molecule has 0 aromatic carbocycles. The molecule has 0 bridgehead atoms. The summed E-state index contributed by atoms with van der Waals surface area (Å²) in [6.07, 6.45) is 1.65. The van der Waals surface area contributed by atoms with Crippen LogP contribution in [0.4, 0.5) is 5.82 Å². The molecule has 6 heteroatoms. The molecule has 0 spiro atoms. The Labute approximate surface area is 119 Å². The molecule has 0 aliphatic carbocycles. The van der Waals surface area contributed by atoms with Crippen molar-refractivity contribution in [3.05, 3.63) is 32.8 Å². The summed E-state index contributed by atoms with van der Waals surface area (Å²) in [5, 5.41) is 4.04. The van der Waals surface area contributed by atoms with Crippen molar-refractivity contribution in [3.8, 4) is 0 Å². The summed E-state index contributed by atoms with van der Waals surface area (Å²) in [4.78, 5) is 15.7. The fourth-order valence-electron chi connectivity index (χ4n) is 1.91. The summed E-state index contributed by atoms with van der Waals surface area (Å²) < 4.78 is 0. The van der Waals surface area contributed by atoms with E-state index in [2.05, 4.69) is 27.9 Å². The maximum atomic E-state index is 6.02. The van der Waals surface area contributed by atoms with E-state index in [0.717, 1.165) is 33.2 Å². The van der Waals surface area contributed by atoms with Gasteiger partial charge in [0.15, 0.2) is 0 Å². The monoisotopic (exact) mass is 290 g/mol. The number of hydrogen-bond acceptors (Lipinski definition) is 6. The molecule has 3 rings (SSSR count). The molecule has 0 fully saturated rings. The van der Waals surface area contributed by atoms with Crippen molar-refractivity contribution < 1.29 is 0 Å². The summed E-state index contributed by atoms with van der Waals surface area (Å²) in [6, 6.07) is 2.09. The van der Waals surface area contributed by atoms with Gasteiger partial charge in [0.05, 0.1) is 11.8 Å². The Bertz CT molecular complexity index is 729. The van der Waals surface area contributed by atoms with Crippen LogP contribution in [-0.4, -0.2) is 15.0 Å². The van der Waals surface area contributed by atoms with Gasteiger partial charge in [0, 0.05) is 16.0 Å². The maximum Gasteiger partial charge on any atom is 0.139 e. The van der Waals surface area contributed by atoms with E-state index < -0.39 is 0 Å². The zero-order valence-corrected chi connectivity index (χ0v) is 12.4. The normalized spacial score (nSPS) is 11.3. The molecule has 0 aliphatic heterocycles. The number of hydrogen-bond donors (Lipinski definition) is 1. The Kier molecular flexibility index (Phi) is 3.20. The molecular weight excluding hydrogens is 276 g/mol. The second-order valence-corrected chi connectivity index (χ2v) is 6.43. The lowest BCUT2D eigenvalue weighted by atomic mass is 10.3. The van der Waals surface area contributed by atoms with Crippen molar-refractivity contribution in [2.45, 2.75) is 26.7 Å². The van der Waals surface area contributed by atoms with Crippen LogP contribution in [-0.2, 0) is 12.8 Å². The Morgan fingerprint density at radius 3 is 2.79 bits per heavy atom. The first-order valence-corrected chi connectivity index (χ1v) is 7.81. The number of aromatic nitrogens is 3. The number of anilines is 1. The SMILES string of the molecule is CCc1cc2c(N)nc(Cc3nc(C)cs3)nc2s1. The van der Waals surface area contributed by atoms with Gasteiger partial charge in [-0.2, -0.15) is 0 Å². The smallest absolute Gasteiger partial charge is 0.139 e. The van der Waals surface area contributed by atoms with Gasteiger partial charge < -0.3 is 5.73 Å². The van der Waals surface area contributed by atoms with Crippen LogP contribution in [0.3, 0.4) is 0 Å². The zero-order valence-electron chi connectivity index (χ0n) is 10.8. The van der Waals surface area contributed by atoms with Crippen molar-refractivity contribution >= 4 is 38.7 Å². The summed E-state index contributed by atoms with van der Waals surface area (Å²) in [6.45, 7) is 4.12. The number of thiophene rings is 1. The molecule has 98 valence electrons. The molecule has 0 saturated carbocycles. The Balaban J connectivity index is 2.00. The summed E-state index contributed by atoms with van der Waals surface area (Å²) in [7, 11) is 0. The van der Waals surface area contributed by atoms with Crippen LogP contribution in [0.25, 0.3) is 10.2 Å². The quantitative estimate of drug-likeness (QED) is 0.804. The maximum absolute atomic E-state index is 6.02. The van der Waals surface area contributed by atoms with Gasteiger partial charge in [-0.3, -0.25) is 0 Å². The minimum absolute atomic E-state index is 0.573. The van der Waals surface area contributed by atoms with Gasteiger partial charge in [-0.15, -0.1) is 22.7 Å². The fourth-order valence-corrected chi connectivity index (χ4v) is 3.67. The number of thiazole rings is 1.